The van der Waals surface area contributed by atoms with Crippen molar-refractivity contribution in [1.29, 1.82) is 0 Å². The van der Waals surface area contributed by atoms with Gasteiger partial charge in [-0.25, -0.2) is 0 Å². The van der Waals surface area contributed by atoms with Crippen LogP contribution in [0.15, 0.2) is 0 Å². The lowest BCUT2D eigenvalue weighted by Gasteiger charge is -2.12. The first kappa shape index (κ1) is 15.7. The summed E-state index contributed by atoms with van der Waals surface area (Å²) < 4.78 is 0. The van der Waals surface area contributed by atoms with Crippen molar-refractivity contribution < 1.29 is 9.59 Å². The number of terminal acetylenes is 1. The second kappa shape index (κ2) is 8.77. The maximum absolute atomic E-state index is 11.5. The molecule has 3 N–H and O–H groups in total. The third-order valence-corrected chi connectivity index (χ3v) is 2.46. The van der Waals surface area contributed by atoms with Crippen LogP contribution >= 0.6 is 0 Å². The summed E-state index contributed by atoms with van der Waals surface area (Å²) in [5, 5.41) is 2.70. The van der Waals surface area contributed by atoms with Crippen molar-refractivity contribution in [3.63, 3.8) is 0 Å². The molecule has 0 aliphatic carbocycles. The van der Waals surface area contributed by atoms with E-state index in [1.54, 1.807) is 0 Å². The molecule has 0 aliphatic heterocycles. The molecular weight excluding hydrogens is 216 g/mol. The molecule has 1 amide bonds. The average molecular weight is 238 g/mol. The van der Waals surface area contributed by atoms with Gasteiger partial charge in [-0.15, -0.1) is 6.42 Å². The van der Waals surface area contributed by atoms with E-state index in [1.807, 2.05) is 13.8 Å². The second-order valence-corrected chi connectivity index (χ2v) is 4.39. The molecule has 0 saturated carbocycles. The summed E-state index contributed by atoms with van der Waals surface area (Å²) in [5.41, 5.74) is 5.74. The fourth-order valence-corrected chi connectivity index (χ4v) is 1.44. The summed E-state index contributed by atoms with van der Waals surface area (Å²) in [7, 11) is 0. The van der Waals surface area contributed by atoms with Gasteiger partial charge in [0.05, 0.1) is 12.5 Å². The Bertz CT molecular complexity index is 292. The van der Waals surface area contributed by atoms with Crippen LogP contribution in [-0.2, 0) is 9.59 Å². The highest BCUT2D eigenvalue weighted by Gasteiger charge is 2.15. The zero-order valence-electron chi connectivity index (χ0n) is 10.7. The standard InChI is InChI=1S/C13H22N2O2/c1-4-7-12(16)15-9-6-5-8-11(14)13(17)10(2)3/h1,10-11H,5-9,14H2,2-3H3,(H,15,16). The van der Waals surface area contributed by atoms with Gasteiger partial charge in [0.2, 0.25) is 5.91 Å². The lowest BCUT2D eigenvalue weighted by molar-refractivity contribution is -0.123. The molecule has 17 heavy (non-hydrogen) atoms. The van der Waals surface area contributed by atoms with Gasteiger partial charge in [-0.3, -0.25) is 9.59 Å². The Morgan fingerprint density at radius 1 is 1.35 bits per heavy atom. The van der Waals surface area contributed by atoms with Gasteiger partial charge in [-0.05, 0) is 19.3 Å². The van der Waals surface area contributed by atoms with Crippen LogP contribution in [0.25, 0.3) is 0 Å². The lowest BCUT2D eigenvalue weighted by Crippen LogP contribution is -2.33. The summed E-state index contributed by atoms with van der Waals surface area (Å²) in [5.74, 6) is 2.23. The van der Waals surface area contributed by atoms with E-state index in [9.17, 15) is 9.59 Å². The number of nitrogens with two attached hydrogens (primary N) is 1. The monoisotopic (exact) mass is 238 g/mol. The predicted octanol–water partition coefficient (Wildman–Crippen LogP) is 0.849. The maximum atomic E-state index is 11.5. The van der Waals surface area contributed by atoms with E-state index in [0.29, 0.717) is 13.0 Å². The van der Waals surface area contributed by atoms with Crippen molar-refractivity contribution in [2.45, 2.75) is 45.6 Å². The van der Waals surface area contributed by atoms with Crippen molar-refractivity contribution in [3.05, 3.63) is 0 Å². The molecule has 96 valence electrons. The number of carbonyl (C=O) groups is 2. The summed E-state index contributed by atoms with van der Waals surface area (Å²) in [6.45, 7) is 4.29. The third kappa shape index (κ3) is 7.53. The van der Waals surface area contributed by atoms with E-state index in [4.69, 9.17) is 12.2 Å². The Balaban J connectivity index is 3.56. The van der Waals surface area contributed by atoms with Crippen molar-refractivity contribution in [1.82, 2.24) is 5.32 Å². The Hall–Kier alpha value is -1.34. The molecule has 0 heterocycles. The second-order valence-electron chi connectivity index (χ2n) is 4.39. The Morgan fingerprint density at radius 3 is 2.53 bits per heavy atom. The van der Waals surface area contributed by atoms with Gasteiger partial charge in [0.15, 0.2) is 5.78 Å². The van der Waals surface area contributed by atoms with E-state index in [-0.39, 0.29) is 30.1 Å². The Morgan fingerprint density at radius 2 is 2.00 bits per heavy atom. The minimum atomic E-state index is -0.378. The molecule has 0 spiro atoms. The third-order valence-electron chi connectivity index (χ3n) is 2.46. The van der Waals surface area contributed by atoms with Crippen molar-refractivity contribution in [2.24, 2.45) is 11.7 Å². The van der Waals surface area contributed by atoms with Gasteiger partial charge in [0.25, 0.3) is 0 Å². The van der Waals surface area contributed by atoms with Gasteiger partial charge in [-0.2, -0.15) is 0 Å². The summed E-state index contributed by atoms with van der Waals surface area (Å²) in [6, 6.07) is -0.378. The highest BCUT2D eigenvalue weighted by molar-refractivity contribution is 5.85. The molecule has 0 aliphatic rings. The minimum absolute atomic E-state index is 0.0136. The molecule has 0 aromatic carbocycles. The van der Waals surface area contributed by atoms with Crippen molar-refractivity contribution in [3.8, 4) is 12.3 Å². The number of amides is 1. The molecule has 4 heteroatoms. The maximum Gasteiger partial charge on any atom is 0.232 e. The number of hydrogen-bond acceptors (Lipinski definition) is 3. The summed E-state index contributed by atoms with van der Waals surface area (Å²) >= 11 is 0. The first-order valence-electron chi connectivity index (χ1n) is 5.98. The van der Waals surface area contributed by atoms with Gasteiger partial charge in [0.1, 0.15) is 0 Å². The molecule has 0 saturated heterocycles. The number of hydrogen-bond donors (Lipinski definition) is 2. The van der Waals surface area contributed by atoms with E-state index in [2.05, 4.69) is 11.2 Å². The smallest absolute Gasteiger partial charge is 0.232 e. The fourth-order valence-electron chi connectivity index (χ4n) is 1.44. The predicted molar refractivity (Wildman–Crippen MR) is 68.1 cm³/mol. The number of unbranched alkanes of at least 4 members (excludes halogenated alkanes) is 1. The molecule has 4 nitrogen and oxygen atoms in total. The molecule has 0 bridgehead atoms. The van der Waals surface area contributed by atoms with Crippen LogP contribution in [0.3, 0.4) is 0 Å². The lowest BCUT2D eigenvalue weighted by atomic mass is 9.98. The molecule has 0 fully saturated rings. The molecule has 0 aromatic rings. The molecule has 1 atom stereocenters. The quantitative estimate of drug-likeness (QED) is 0.486. The van der Waals surface area contributed by atoms with Crippen LogP contribution in [0, 0.1) is 18.3 Å². The van der Waals surface area contributed by atoms with Crippen molar-refractivity contribution in [2.75, 3.05) is 6.54 Å². The number of rotatable bonds is 8. The van der Waals surface area contributed by atoms with E-state index >= 15 is 0 Å². The van der Waals surface area contributed by atoms with Gasteiger partial charge in [-0.1, -0.05) is 19.8 Å². The zero-order valence-corrected chi connectivity index (χ0v) is 10.7. The van der Waals surface area contributed by atoms with Crippen LogP contribution in [0.5, 0.6) is 0 Å². The summed E-state index contributed by atoms with van der Waals surface area (Å²) in [4.78, 5) is 22.5. The first-order valence-corrected chi connectivity index (χ1v) is 5.98. The number of nitrogens with one attached hydrogen (secondary N) is 1. The van der Waals surface area contributed by atoms with Crippen LogP contribution < -0.4 is 11.1 Å². The van der Waals surface area contributed by atoms with Crippen LogP contribution in [0.1, 0.15) is 39.5 Å². The Labute approximate surface area is 103 Å². The first-order chi connectivity index (χ1) is 7.99. The van der Waals surface area contributed by atoms with Crippen LogP contribution in [-0.4, -0.2) is 24.3 Å². The fraction of sp³-hybridized carbons (Fsp3) is 0.692. The van der Waals surface area contributed by atoms with Crippen molar-refractivity contribution >= 4 is 11.7 Å². The topological polar surface area (TPSA) is 72.2 Å². The van der Waals surface area contributed by atoms with E-state index < -0.39 is 0 Å². The molecule has 0 radical (unpaired) electrons. The van der Waals surface area contributed by atoms with Gasteiger partial charge in [0, 0.05) is 12.5 Å². The molecule has 0 rings (SSSR count). The molecular formula is C13H22N2O2. The molecule has 1 unspecified atom stereocenters. The minimum Gasteiger partial charge on any atom is -0.355 e. The highest BCUT2D eigenvalue weighted by Crippen LogP contribution is 2.05. The van der Waals surface area contributed by atoms with Crippen LogP contribution in [0.2, 0.25) is 0 Å². The van der Waals surface area contributed by atoms with E-state index in [0.717, 1.165) is 12.8 Å². The number of Topliss-reactive ketones (excluding diaryl/α,β-unsaturated/α-hetero) is 1. The zero-order chi connectivity index (χ0) is 13.3. The number of ketones is 1. The average Bonchev–Trinajstić information content (AvgIpc) is 2.27. The van der Waals surface area contributed by atoms with E-state index in [1.165, 1.54) is 0 Å². The Kier molecular flexibility index (Phi) is 8.08. The highest BCUT2D eigenvalue weighted by atomic mass is 16.1. The van der Waals surface area contributed by atoms with Gasteiger partial charge < -0.3 is 11.1 Å². The largest absolute Gasteiger partial charge is 0.355 e. The SMILES string of the molecule is C#CCC(=O)NCCCCC(N)C(=O)C(C)C. The normalized spacial score (nSPS) is 11.9. The van der Waals surface area contributed by atoms with Crippen LogP contribution in [0.4, 0.5) is 0 Å². The number of carbonyl (C=O) groups excluding carboxylic acids is 2. The molecule has 0 aromatic heterocycles. The summed E-state index contributed by atoms with van der Waals surface area (Å²) in [6.07, 6.45) is 7.43. The van der Waals surface area contributed by atoms with Gasteiger partial charge >= 0.3 is 0 Å².